The number of hydrogen-bond acceptors (Lipinski definition) is 3. The second-order valence-corrected chi connectivity index (χ2v) is 5.55. The fourth-order valence-corrected chi connectivity index (χ4v) is 2.51. The number of ether oxygens (including phenoxy) is 1. The molecule has 1 N–H and O–H groups in total. The van der Waals surface area contributed by atoms with Crippen LogP contribution in [0.4, 0.5) is 0 Å². The molecule has 0 spiro atoms. The molecule has 1 aromatic heterocycles. The zero-order chi connectivity index (χ0) is 15.1. The number of aryl methyl sites for hydroxylation is 1. The number of furan rings is 1. The molecule has 3 nitrogen and oxygen atoms in total. The molecule has 1 unspecified atom stereocenters. The van der Waals surface area contributed by atoms with Crippen LogP contribution < -0.4 is 5.32 Å². The Bertz CT molecular complexity index is 547. The fourth-order valence-electron chi connectivity index (χ4n) is 2.51. The summed E-state index contributed by atoms with van der Waals surface area (Å²) in [5.74, 6) is 1.02. The van der Waals surface area contributed by atoms with Gasteiger partial charge in [-0.3, -0.25) is 0 Å². The molecule has 1 aromatic carbocycles. The Hall–Kier alpha value is -1.32. The minimum absolute atomic E-state index is 0.230. The van der Waals surface area contributed by atoms with Gasteiger partial charge >= 0.3 is 0 Å². The van der Waals surface area contributed by atoms with Gasteiger partial charge in [-0.1, -0.05) is 32.0 Å². The number of benzene rings is 1. The molecule has 0 aliphatic rings. The van der Waals surface area contributed by atoms with Crippen LogP contribution in [0.15, 0.2) is 28.7 Å². The predicted octanol–water partition coefficient (Wildman–Crippen LogP) is 4.60. The lowest BCUT2D eigenvalue weighted by Crippen LogP contribution is -2.23. The van der Waals surface area contributed by atoms with Gasteiger partial charge in [0.05, 0.1) is 6.04 Å². The summed E-state index contributed by atoms with van der Waals surface area (Å²) in [4.78, 5) is 0. The van der Waals surface area contributed by atoms with Crippen molar-refractivity contribution in [3.63, 3.8) is 0 Å². The van der Waals surface area contributed by atoms with Crippen molar-refractivity contribution in [2.45, 2.75) is 46.1 Å². The molecule has 2 aromatic rings. The summed E-state index contributed by atoms with van der Waals surface area (Å²) < 4.78 is 11.7. The van der Waals surface area contributed by atoms with Crippen molar-refractivity contribution in [2.24, 2.45) is 0 Å². The van der Waals surface area contributed by atoms with E-state index in [1.807, 2.05) is 0 Å². The maximum atomic E-state index is 6.10. The van der Waals surface area contributed by atoms with Gasteiger partial charge in [-0.05, 0) is 44.4 Å². The molecule has 1 heterocycles. The minimum Gasteiger partial charge on any atom is -0.459 e. The molecule has 2 rings (SSSR count). The maximum Gasteiger partial charge on any atom is 0.137 e. The standard InChI is InChI=1S/C18H27NO2/c1-4-10-19-16(9-12-20-11-5-2)17-13-15-8-6-7-14(3)18(15)21-17/h6-8,13,16,19H,4-5,9-12H2,1-3H3. The van der Waals surface area contributed by atoms with Gasteiger partial charge in [0, 0.05) is 18.6 Å². The third kappa shape index (κ3) is 4.32. The molecule has 0 fully saturated rings. The van der Waals surface area contributed by atoms with Gasteiger partial charge < -0.3 is 14.5 Å². The number of hydrogen-bond donors (Lipinski definition) is 1. The molecule has 116 valence electrons. The van der Waals surface area contributed by atoms with Gasteiger partial charge in [0.2, 0.25) is 0 Å². The van der Waals surface area contributed by atoms with Crippen LogP contribution >= 0.6 is 0 Å². The van der Waals surface area contributed by atoms with Crippen LogP contribution in [0.25, 0.3) is 11.0 Å². The molecular weight excluding hydrogens is 262 g/mol. The third-order valence-electron chi connectivity index (χ3n) is 3.64. The van der Waals surface area contributed by atoms with E-state index in [0.717, 1.165) is 50.4 Å². The average Bonchev–Trinajstić information content (AvgIpc) is 2.92. The zero-order valence-corrected chi connectivity index (χ0v) is 13.4. The summed E-state index contributed by atoms with van der Waals surface area (Å²) in [6.07, 6.45) is 3.13. The van der Waals surface area contributed by atoms with Crippen molar-refractivity contribution in [1.29, 1.82) is 0 Å². The highest BCUT2D eigenvalue weighted by Crippen LogP contribution is 2.27. The quantitative estimate of drug-likeness (QED) is 0.685. The Labute approximate surface area is 127 Å². The van der Waals surface area contributed by atoms with E-state index in [1.165, 1.54) is 10.9 Å². The van der Waals surface area contributed by atoms with Gasteiger partial charge in [-0.15, -0.1) is 0 Å². The highest BCUT2D eigenvalue weighted by atomic mass is 16.5. The van der Waals surface area contributed by atoms with E-state index in [1.54, 1.807) is 0 Å². The van der Waals surface area contributed by atoms with Crippen LogP contribution in [0.1, 0.15) is 50.5 Å². The van der Waals surface area contributed by atoms with Crippen LogP contribution in [-0.4, -0.2) is 19.8 Å². The topological polar surface area (TPSA) is 34.4 Å². The van der Waals surface area contributed by atoms with Crippen molar-refractivity contribution in [1.82, 2.24) is 5.32 Å². The Morgan fingerprint density at radius 2 is 2.05 bits per heavy atom. The molecule has 0 bridgehead atoms. The van der Waals surface area contributed by atoms with Crippen molar-refractivity contribution < 1.29 is 9.15 Å². The second-order valence-electron chi connectivity index (χ2n) is 5.55. The summed E-state index contributed by atoms with van der Waals surface area (Å²) in [6, 6.07) is 8.67. The zero-order valence-electron chi connectivity index (χ0n) is 13.4. The lowest BCUT2D eigenvalue weighted by Gasteiger charge is -2.16. The SMILES string of the molecule is CCCNC(CCOCCC)c1cc2cccc(C)c2o1. The molecule has 0 aliphatic heterocycles. The Morgan fingerprint density at radius 3 is 2.76 bits per heavy atom. The van der Waals surface area contributed by atoms with Gasteiger partial charge in [0.15, 0.2) is 0 Å². The molecule has 0 aliphatic carbocycles. The molecular formula is C18H27NO2. The molecule has 21 heavy (non-hydrogen) atoms. The van der Waals surface area contributed by atoms with Crippen LogP contribution in [-0.2, 0) is 4.74 Å². The predicted molar refractivity (Wildman–Crippen MR) is 87.7 cm³/mol. The third-order valence-corrected chi connectivity index (χ3v) is 3.64. The van der Waals surface area contributed by atoms with E-state index in [9.17, 15) is 0 Å². The summed E-state index contributed by atoms with van der Waals surface area (Å²) in [5.41, 5.74) is 2.19. The van der Waals surface area contributed by atoms with Crippen molar-refractivity contribution in [3.05, 3.63) is 35.6 Å². The number of nitrogens with one attached hydrogen (secondary N) is 1. The summed E-state index contributed by atoms with van der Waals surface area (Å²) in [5, 5.41) is 4.75. The van der Waals surface area contributed by atoms with Crippen LogP contribution in [0, 0.1) is 6.92 Å². The largest absolute Gasteiger partial charge is 0.459 e. The Balaban J connectivity index is 2.11. The molecule has 0 amide bonds. The van der Waals surface area contributed by atoms with Gasteiger partial charge in [-0.25, -0.2) is 0 Å². The lowest BCUT2D eigenvalue weighted by molar-refractivity contribution is 0.122. The van der Waals surface area contributed by atoms with Gasteiger partial charge in [0.1, 0.15) is 11.3 Å². The van der Waals surface area contributed by atoms with E-state index in [4.69, 9.17) is 9.15 Å². The number of rotatable bonds is 9. The van der Waals surface area contributed by atoms with E-state index < -0.39 is 0 Å². The van der Waals surface area contributed by atoms with Gasteiger partial charge in [0.25, 0.3) is 0 Å². The molecule has 0 saturated heterocycles. The van der Waals surface area contributed by atoms with Gasteiger partial charge in [-0.2, -0.15) is 0 Å². The van der Waals surface area contributed by atoms with Crippen molar-refractivity contribution >= 4 is 11.0 Å². The van der Waals surface area contributed by atoms with E-state index in [-0.39, 0.29) is 6.04 Å². The van der Waals surface area contributed by atoms with Crippen LogP contribution in [0.2, 0.25) is 0 Å². The lowest BCUT2D eigenvalue weighted by atomic mass is 10.1. The first-order valence-corrected chi connectivity index (χ1v) is 8.06. The van der Waals surface area contributed by atoms with E-state index in [2.05, 4.69) is 50.4 Å². The normalized spacial score (nSPS) is 12.9. The first-order chi connectivity index (χ1) is 10.3. The highest BCUT2D eigenvalue weighted by molar-refractivity contribution is 5.80. The fraction of sp³-hybridized carbons (Fsp3) is 0.556. The van der Waals surface area contributed by atoms with E-state index in [0.29, 0.717) is 0 Å². The number of fused-ring (bicyclic) bond motifs is 1. The maximum absolute atomic E-state index is 6.10. The molecule has 1 atom stereocenters. The van der Waals surface area contributed by atoms with Crippen LogP contribution in [0.5, 0.6) is 0 Å². The summed E-state index contributed by atoms with van der Waals surface area (Å²) in [6.45, 7) is 9.00. The van der Waals surface area contributed by atoms with Crippen molar-refractivity contribution in [3.8, 4) is 0 Å². The summed E-state index contributed by atoms with van der Waals surface area (Å²) in [7, 11) is 0. The summed E-state index contributed by atoms with van der Waals surface area (Å²) >= 11 is 0. The Kier molecular flexibility index (Phi) is 6.27. The molecule has 0 radical (unpaired) electrons. The average molecular weight is 289 g/mol. The second kappa shape index (κ2) is 8.20. The minimum atomic E-state index is 0.230. The first-order valence-electron chi connectivity index (χ1n) is 8.06. The van der Waals surface area contributed by atoms with Crippen LogP contribution in [0.3, 0.4) is 0 Å². The van der Waals surface area contributed by atoms with E-state index >= 15 is 0 Å². The smallest absolute Gasteiger partial charge is 0.137 e. The van der Waals surface area contributed by atoms with Crippen molar-refractivity contribution in [2.75, 3.05) is 19.8 Å². The monoisotopic (exact) mass is 289 g/mol. The number of para-hydroxylation sites is 1. The first kappa shape index (κ1) is 16.1. The molecule has 0 saturated carbocycles. The Morgan fingerprint density at radius 1 is 1.19 bits per heavy atom. The highest BCUT2D eigenvalue weighted by Gasteiger charge is 2.16. The molecule has 3 heteroatoms.